The minimum atomic E-state index is -3.96. The zero-order valence-corrected chi connectivity index (χ0v) is 19.8. The van der Waals surface area contributed by atoms with Crippen molar-refractivity contribution in [3.05, 3.63) is 65.2 Å². The van der Waals surface area contributed by atoms with Gasteiger partial charge >= 0.3 is 0 Å². The Morgan fingerprint density at radius 1 is 1.18 bits per heavy atom. The largest absolute Gasteiger partial charge is 0.467 e. The van der Waals surface area contributed by atoms with E-state index in [9.17, 15) is 13.2 Å². The maximum atomic E-state index is 13.5. The monoisotopic (exact) mass is 491 g/mol. The summed E-state index contributed by atoms with van der Waals surface area (Å²) < 4.78 is 35.1. The molecule has 1 aliphatic rings. The third kappa shape index (κ3) is 5.23. The van der Waals surface area contributed by atoms with E-state index in [-0.39, 0.29) is 30.2 Å². The van der Waals surface area contributed by atoms with Crippen LogP contribution in [-0.4, -0.2) is 54.6 Å². The quantitative estimate of drug-likeness (QED) is 0.520. The summed E-state index contributed by atoms with van der Waals surface area (Å²) in [6, 6.07) is 10.9. The normalized spacial score (nSPS) is 15.0. The van der Waals surface area contributed by atoms with Crippen LogP contribution in [0.15, 0.2) is 58.3 Å². The molecule has 1 N–H and O–H groups in total. The topological polar surface area (TPSA) is 101 Å². The number of hydrogen-bond donors (Lipinski definition) is 1. The summed E-state index contributed by atoms with van der Waals surface area (Å²) in [6.07, 6.45) is 3.77. The van der Waals surface area contributed by atoms with Crippen molar-refractivity contribution in [3.8, 4) is 0 Å². The van der Waals surface area contributed by atoms with E-state index < -0.39 is 15.9 Å². The lowest BCUT2D eigenvalue weighted by Gasteiger charge is -2.35. The third-order valence-electron chi connectivity index (χ3n) is 5.42. The standard InChI is InChI=1S/C22H26ClN5O4S/c1-2-8-27-16-20(21(29)24-15-19-7-4-13-32-19)22(25-27)33(30,31)28-11-9-26(10-12-28)18-6-3-5-17(23)14-18/h3-7,13-14,16H,2,8-12,15H2,1H3,(H,24,29). The fourth-order valence-corrected chi connectivity index (χ4v) is 5.46. The minimum Gasteiger partial charge on any atom is -0.467 e. The number of aromatic nitrogens is 2. The molecule has 0 atom stereocenters. The number of sulfonamides is 1. The lowest BCUT2D eigenvalue weighted by Crippen LogP contribution is -2.49. The Balaban J connectivity index is 1.52. The van der Waals surface area contributed by atoms with Crippen molar-refractivity contribution < 1.29 is 17.6 Å². The first-order valence-electron chi connectivity index (χ1n) is 10.8. The molecule has 0 radical (unpaired) electrons. The molecule has 1 aromatic carbocycles. The zero-order chi connectivity index (χ0) is 23.4. The Bertz CT molecular complexity index is 1200. The van der Waals surface area contributed by atoms with Gasteiger partial charge in [-0.1, -0.05) is 24.6 Å². The van der Waals surface area contributed by atoms with Crippen molar-refractivity contribution in [2.75, 3.05) is 31.1 Å². The predicted octanol–water partition coefficient (Wildman–Crippen LogP) is 2.98. The van der Waals surface area contributed by atoms with Gasteiger partial charge in [-0.05, 0) is 36.8 Å². The maximum Gasteiger partial charge on any atom is 0.263 e. The summed E-state index contributed by atoms with van der Waals surface area (Å²) in [6.45, 7) is 4.21. The number of nitrogens with zero attached hydrogens (tertiary/aromatic N) is 4. The molecule has 3 aromatic rings. The van der Waals surface area contributed by atoms with Crippen LogP contribution < -0.4 is 10.2 Å². The first-order valence-corrected chi connectivity index (χ1v) is 12.6. The van der Waals surface area contributed by atoms with Crippen LogP contribution in [0, 0.1) is 0 Å². The fraction of sp³-hybridized carbons (Fsp3) is 0.364. The van der Waals surface area contributed by atoms with Crippen LogP contribution in [0.5, 0.6) is 0 Å². The number of aryl methyl sites for hydroxylation is 1. The van der Waals surface area contributed by atoms with Crippen molar-refractivity contribution in [1.82, 2.24) is 19.4 Å². The SMILES string of the molecule is CCCn1cc(C(=O)NCc2ccco2)c(S(=O)(=O)N2CCN(c3cccc(Cl)c3)CC2)n1. The van der Waals surface area contributed by atoms with Crippen LogP contribution in [-0.2, 0) is 23.1 Å². The lowest BCUT2D eigenvalue weighted by molar-refractivity contribution is 0.0944. The number of anilines is 1. The van der Waals surface area contributed by atoms with Gasteiger partial charge in [0.15, 0.2) is 0 Å². The summed E-state index contributed by atoms with van der Waals surface area (Å²) >= 11 is 6.09. The van der Waals surface area contributed by atoms with Crippen molar-refractivity contribution in [2.24, 2.45) is 0 Å². The molecular weight excluding hydrogens is 466 g/mol. The summed E-state index contributed by atoms with van der Waals surface area (Å²) in [5.41, 5.74) is 0.983. The van der Waals surface area contributed by atoms with Crippen LogP contribution in [0.1, 0.15) is 29.5 Å². The van der Waals surface area contributed by atoms with E-state index in [4.69, 9.17) is 16.0 Å². The molecule has 1 aliphatic heterocycles. The van der Waals surface area contributed by atoms with Crippen molar-refractivity contribution in [1.29, 1.82) is 0 Å². The molecule has 0 spiro atoms. The summed E-state index contributed by atoms with van der Waals surface area (Å²) in [7, 11) is -3.96. The summed E-state index contributed by atoms with van der Waals surface area (Å²) in [5, 5.41) is 7.40. The van der Waals surface area contributed by atoms with Crippen LogP contribution in [0.4, 0.5) is 5.69 Å². The van der Waals surface area contributed by atoms with E-state index in [0.29, 0.717) is 30.4 Å². The number of halogens is 1. The van der Waals surface area contributed by atoms with Gasteiger partial charge in [-0.3, -0.25) is 9.48 Å². The van der Waals surface area contributed by atoms with Crippen LogP contribution in [0.3, 0.4) is 0 Å². The average Bonchev–Trinajstić information content (AvgIpc) is 3.48. The number of rotatable bonds is 8. The molecule has 11 heteroatoms. The molecule has 4 rings (SSSR count). The molecular formula is C22H26ClN5O4S. The highest BCUT2D eigenvalue weighted by Crippen LogP contribution is 2.24. The van der Waals surface area contributed by atoms with E-state index in [1.807, 2.05) is 25.1 Å². The van der Waals surface area contributed by atoms with E-state index in [0.717, 1.165) is 12.1 Å². The molecule has 1 saturated heterocycles. The highest BCUT2D eigenvalue weighted by Gasteiger charge is 2.34. The van der Waals surface area contributed by atoms with Gasteiger partial charge in [-0.15, -0.1) is 0 Å². The van der Waals surface area contributed by atoms with Crippen molar-refractivity contribution >= 4 is 33.2 Å². The second-order valence-corrected chi connectivity index (χ2v) is 10.0. The Kier molecular flexibility index (Phi) is 7.06. The van der Waals surface area contributed by atoms with E-state index in [2.05, 4.69) is 15.3 Å². The molecule has 0 aliphatic carbocycles. The van der Waals surface area contributed by atoms with E-state index in [1.54, 1.807) is 18.2 Å². The Morgan fingerprint density at radius 3 is 2.64 bits per heavy atom. The first kappa shape index (κ1) is 23.3. The number of furan rings is 1. The van der Waals surface area contributed by atoms with Gasteiger partial charge < -0.3 is 14.6 Å². The average molecular weight is 492 g/mol. The van der Waals surface area contributed by atoms with Crippen LogP contribution >= 0.6 is 11.6 Å². The summed E-state index contributed by atoms with van der Waals surface area (Å²) in [4.78, 5) is 15.0. The van der Waals surface area contributed by atoms with Gasteiger partial charge in [-0.2, -0.15) is 9.40 Å². The highest BCUT2D eigenvalue weighted by atomic mass is 35.5. The highest BCUT2D eigenvalue weighted by molar-refractivity contribution is 7.89. The third-order valence-corrected chi connectivity index (χ3v) is 7.49. The molecule has 0 unspecified atom stereocenters. The second-order valence-electron chi connectivity index (χ2n) is 7.74. The lowest BCUT2D eigenvalue weighted by atomic mass is 10.2. The Morgan fingerprint density at radius 2 is 1.97 bits per heavy atom. The summed E-state index contributed by atoms with van der Waals surface area (Å²) in [5.74, 6) is 0.0655. The molecule has 33 heavy (non-hydrogen) atoms. The zero-order valence-electron chi connectivity index (χ0n) is 18.3. The van der Waals surface area contributed by atoms with E-state index >= 15 is 0 Å². The molecule has 3 heterocycles. The second kappa shape index (κ2) is 9.98. The number of hydrogen-bond acceptors (Lipinski definition) is 6. The van der Waals surface area contributed by atoms with Gasteiger partial charge in [0.25, 0.3) is 15.9 Å². The van der Waals surface area contributed by atoms with Gasteiger partial charge in [0.05, 0.1) is 18.4 Å². The number of benzene rings is 1. The van der Waals surface area contributed by atoms with Crippen molar-refractivity contribution in [3.63, 3.8) is 0 Å². The molecule has 2 aromatic heterocycles. The van der Waals surface area contributed by atoms with Gasteiger partial charge in [0.1, 0.15) is 5.76 Å². The van der Waals surface area contributed by atoms with Gasteiger partial charge in [0, 0.05) is 49.6 Å². The number of piperazine rings is 1. The van der Waals surface area contributed by atoms with E-state index in [1.165, 1.54) is 21.4 Å². The van der Waals surface area contributed by atoms with Gasteiger partial charge in [0.2, 0.25) is 5.03 Å². The number of carbonyl (C=O) groups is 1. The fourth-order valence-electron chi connectivity index (χ4n) is 3.75. The minimum absolute atomic E-state index is 0.0345. The molecule has 1 fully saturated rings. The maximum absolute atomic E-state index is 13.5. The predicted molar refractivity (Wildman–Crippen MR) is 125 cm³/mol. The Hall–Kier alpha value is -2.82. The van der Waals surface area contributed by atoms with Crippen LogP contribution in [0.2, 0.25) is 5.02 Å². The molecule has 9 nitrogen and oxygen atoms in total. The molecule has 1 amide bonds. The number of nitrogens with one attached hydrogen (secondary N) is 1. The molecule has 0 bridgehead atoms. The molecule has 0 saturated carbocycles. The van der Waals surface area contributed by atoms with Gasteiger partial charge in [-0.25, -0.2) is 8.42 Å². The smallest absolute Gasteiger partial charge is 0.263 e. The first-order chi connectivity index (χ1) is 15.9. The Labute approximate surface area is 198 Å². The molecule has 176 valence electrons. The van der Waals surface area contributed by atoms with Crippen LogP contribution in [0.25, 0.3) is 0 Å². The number of carbonyl (C=O) groups excluding carboxylic acids is 1. The number of amides is 1. The van der Waals surface area contributed by atoms with Crippen molar-refractivity contribution in [2.45, 2.75) is 31.5 Å².